The lowest BCUT2D eigenvalue weighted by atomic mass is 9.69. The van der Waals surface area contributed by atoms with Crippen LogP contribution in [0.4, 0.5) is 4.79 Å². The minimum absolute atomic E-state index is 0.0468. The molecule has 0 aliphatic heterocycles. The molecular weight excluding hydrogens is 314 g/mol. The van der Waals surface area contributed by atoms with E-state index in [0.717, 1.165) is 17.4 Å². The van der Waals surface area contributed by atoms with Crippen molar-refractivity contribution in [3.63, 3.8) is 0 Å². The van der Waals surface area contributed by atoms with Gasteiger partial charge in [-0.15, -0.1) is 0 Å². The van der Waals surface area contributed by atoms with Crippen LogP contribution in [0.3, 0.4) is 0 Å². The molecule has 1 N–H and O–H groups in total. The molecule has 4 heteroatoms. The first-order valence-corrected chi connectivity index (χ1v) is 8.70. The molecule has 0 spiro atoms. The predicted octanol–water partition coefficient (Wildman–Crippen LogP) is 4.25. The van der Waals surface area contributed by atoms with E-state index in [1.54, 1.807) is 0 Å². The minimum atomic E-state index is -0.896. The molecule has 1 aliphatic rings. The molecule has 25 heavy (non-hydrogen) atoms. The summed E-state index contributed by atoms with van der Waals surface area (Å²) in [6.45, 7) is 0.389. The maximum atomic E-state index is 11.9. The number of rotatable bonds is 5. The van der Waals surface area contributed by atoms with E-state index < -0.39 is 11.5 Å². The van der Waals surface area contributed by atoms with Crippen LogP contribution in [0.5, 0.6) is 0 Å². The number of benzene rings is 2. The van der Waals surface area contributed by atoms with Crippen molar-refractivity contribution in [2.45, 2.75) is 43.7 Å². The van der Waals surface area contributed by atoms with Crippen molar-refractivity contribution in [3.8, 4) is 0 Å². The number of aldehydes is 1. The zero-order valence-electron chi connectivity index (χ0n) is 14.2. The van der Waals surface area contributed by atoms with Gasteiger partial charge >= 0.3 is 6.09 Å². The highest BCUT2D eigenvalue weighted by atomic mass is 16.4. The minimum Gasteiger partial charge on any atom is -0.465 e. The summed E-state index contributed by atoms with van der Waals surface area (Å²) in [5.41, 5.74) is 1.54. The van der Waals surface area contributed by atoms with Crippen LogP contribution >= 0.6 is 0 Å². The highest BCUT2D eigenvalue weighted by Crippen LogP contribution is 2.39. The van der Waals surface area contributed by atoms with E-state index in [2.05, 4.69) is 0 Å². The van der Waals surface area contributed by atoms with Gasteiger partial charge in [-0.2, -0.15) is 0 Å². The van der Waals surface area contributed by atoms with E-state index in [4.69, 9.17) is 0 Å². The van der Waals surface area contributed by atoms with Crippen LogP contribution in [-0.2, 0) is 16.8 Å². The lowest BCUT2D eigenvalue weighted by Gasteiger charge is -2.40. The van der Waals surface area contributed by atoms with Gasteiger partial charge < -0.3 is 14.8 Å². The van der Waals surface area contributed by atoms with E-state index in [0.29, 0.717) is 32.2 Å². The molecule has 0 aromatic heterocycles. The molecule has 4 nitrogen and oxygen atoms in total. The molecule has 0 atom stereocenters. The van der Waals surface area contributed by atoms with E-state index in [9.17, 15) is 14.7 Å². The summed E-state index contributed by atoms with van der Waals surface area (Å²) < 4.78 is 0. The zero-order chi connectivity index (χ0) is 17.7. The van der Waals surface area contributed by atoms with Crippen molar-refractivity contribution in [2.75, 3.05) is 0 Å². The van der Waals surface area contributed by atoms with Crippen molar-refractivity contribution in [1.82, 2.24) is 4.90 Å². The van der Waals surface area contributed by atoms with Crippen LogP contribution in [0.2, 0.25) is 0 Å². The van der Waals surface area contributed by atoms with Gasteiger partial charge in [0.05, 0.1) is 5.41 Å². The fourth-order valence-corrected chi connectivity index (χ4v) is 3.81. The van der Waals surface area contributed by atoms with Gasteiger partial charge in [0.15, 0.2) is 0 Å². The summed E-state index contributed by atoms with van der Waals surface area (Å²) in [5, 5.41) is 9.65. The number of nitrogens with zero attached hydrogens (tertiary/aromatic N) is 1. The fraction of sp³-hybridized carbons (Fsp3) is 0.333. The molecule has 2 aromatic rings. The molecule has 3 rings (SSSR count). The quantitative estimate of drug-likeness (QED) is 0.830. The number of hydrogen-bond donors (Lipinski definition) is 1. The number of carbonyl (C=O) groups is 2. The molecule has 1 fully saturated rings. The third-order valence-corrected chi connectivity index (χ3v) is 5.30. The van der Waals surface area contributed by atoms with Crippen molar-refractivity contribution in [1.29, 1.82) is 0 Å². The summed E-state index contributed by atoms with van der Waals surface area (Å²) in [4.78, 5) is 25.1. The van der Waals surface area contributed by atoms with Crippen LogP contribution in [-0.4, -0.2) is 28.4 Å². The standard InChI is InChI=1S/C21H23NO3/c23-16-21(18-9-5-2-6-10-18)13-11-19(12-14-21)22(20(24)25)15-17-7-3-1-4-8-17/h1-10,16,19H,11-15H2,(H,24,25). The zero-order valence-corrected chi connectivity index (χ0v) is 14.2. The second-order valence-electron chi connectivity index (χ2n) is 6.77. The smallest absolute Gasteiger partial charge is 0.407 e. The Kier molecular flexibility index (Phi) is 5.17. The molecule has 1 aliphatic carbocycles. The number of carbonyl (C=O) groups excluding carboxylic acids is 1. The normalized spacial score (nSPS) is 23.0. The molecule has 2 aromatic carbocycles. The average Bonchev–Trinajstić information content (AvgIpc) is 2.67. The lowest BCUT2D eigenvalue weighted by Crippen LogP contribution is -2.45. The van der Waals surface area contributed by atoms with E-state index >= 15 is 0 Å². The first-order valence-electron chi connectivity index (χ1n) is 8.70. The Labute approximate surface area is 148 Å². The van der Waals surface area contributed by atoms with Gasteiger partial charge in [-0.3, -0.25) is 0 Å². The first-order chi connectivity index (χ1) is 12.1. The third kappa shape index (κ3) is 3.73. The van der Waals surface area contributed by atoms with E-state index in [1.165, 1.54) is 4.90 Å². The fourth-order valence-electron chi connectivity index (χ4n) is 3.81. The maximum absolute atomic E-state index is 11.9. The average molecular weight is 337 g/mol. The van der Waals surface area contributed by atoms with Gasteiger partial charge in [0.25, 0.3) is 0 Å². The molecule has 1 amide bonds. The van der Waals surface area contributed by atoms with Gasteiger partial charge in [-0.25, -0.2) is 4.79 Å². The molecule has 130 valence electrons. The summed E-state index contributed by atoms with van der Waals surface area (Å²) in [7, 11) is 0. The Morgan fingerprint density at radius 1 is 1.04 bits per heavy atom. The molecule has 0 heterocycles. The molecule has 0 bridgehead atoms. The first kappa shape index (κ1) is 17.2. The third-order valence-electron chi connectivity index (χ3n) is 5.30. The van der Waals surface area contributed by atoms with Gasteiger partial charge in [0.2, 0.25) is 0 Å². The van der Waals surface area contributed by atoms with Crippen LogP contribution in [0.1, 0.15) is 36.8 Å². The monoisotopic (exact) mass is 337 g/mol. The molecular formula is C21H23NO3. The Hall–Kier alpha value is -2.62. The highest BCUT2D eigenvalue weighted by molar-refractivity contribution is 5.69. The summed E-state index contributed by atoms with van der Waals surface area (Å²) >= 11 is 0. The Morgan fingerprint density at radius 3 is 2.12 bits per heavy atom. The van der Waals surface area contributed by atoms with Gasteiger partial charge in [0, 0.05) is 12.6 Å². The largest absolute Gasteiger partial charge is 0.465 e. The van der Waals surface area contributed by atoms with Crippen LogP contribution in [0, 0.1) is 0 Å². The Morgan fingerprint density at radius 2 is 1.60 bits per heavy atom. The lowest BCUT2D eigenvalue weighted by molar-refractivity contribution is -0.114. The topological polar surface area (TPSA) is 57.6 Å². The van der Waals surface area contributed by atoms with E-state index in [1.807, 2.05) is 60.7 Å². The van der Waals surface area contributed by atoms with Crippen LogP contribution < -0.4 is 0 Å². The summed E-state index contributed by atoms with van der Waals surface area (Å²) in [6, 6.07) is 19.4. The molecule has 1 saturated carbocycles. The molecule has 0 radical (unpaired) electrons. The SMILES string of the molecule is O=CC1(c2ccccc2)CCC(N(Cc2ccccc2)C(=O)O)CC1. The van der Waals surface area contributed by atoms with Gasteiger partial charge in [-0.1, -0.05) is 60.7 Å². The van der Waals surface area contributed by atoms with Crippen molar-refractivity contribution < 1.29 is 14.7 Å². The number of carboxylic acid groups (broad SMARTS) is 1. The van der Waals surface area contributed by atoms with Crippen molar-refractivity contribution in [2.24, 2.45) is 0 Å². The predicted molar refractivity (Wildman–Crippen MR) is 96.4 cm³/mol. The van der Waals surface area contributed by atoms with Crippen LogP contribution in [0.15, 0.2) is 60.7 Å². The highest BCUT2D eigenvalue weighted by Gasteiger charge is 2.39. The Balaban J connectivity index is 1.73. The van der Waals surface area contributed by atoms with Gasteiger partial charge in [-0.05, 0) is 36.8 Å². The molecule has 0 unspecified atom stereocenters. The van der Waals surface area contributed by atoms with Crippen molar-refractivity contribution in [3.05, 3.63) is 71.8 Å². The van der Waals surface area contributed by atoms with Crippen molar-refractivity contribution >= 4 is 12.4 Å². The second-order valence-corrected chi connectivity index (χ2v) is 6.77. The second kappa shape index (κ2) is 7.51. The maximum Gasteiger partial charge on any atom is 0.407 e. The summed E-state index contributed by atoms with van der Waals surface area (Å²) in [5.74, 6) is 0. The van der Waals surface area contributed by atoms with E-state index in [-0.39, 0.29) is 6.04 Å². The molecule has 0 saturated heterocycles. The summed E-state index contributed by atoms with van der Waals surface area (Å²) in [6.07, 6.45) is 2.93. The number of amides is 1. The van der Waals surface area contributed by atoms with Gasteiger partial charge in [0.1, 0.15) is 6.29 Å². The number of hydrogen-bond acceptors (Lipinski definition) is 2. The van der Waals surface area contributed by atoms with Crippen LogP contribution in [0.25, 0.3) is 0 Å². The Bertz CT molecular complexity index is 706.